The van der Waals surface area contributed by atoms with Crippen molar-refractivity contribution in [3.8, 4) is 11.5 Å². The van der Waals surface area contributed by atoms with E-state index < -0.39 is 0 Å². The smallest absolute Gasteiger partial charge is 0.167 e. The first-order valence-electron chi connectivity index (χ1n) is 6.93. The molecule has 1 N–H and O–H groups in total. The number of nitrogens with zero attached hydrogens (tertiary/aromatic N) is 2. The highest BCUT2D eigenvalue weighted by Gasteiger charge is 2.11. The van der Waals surface area contributed by atoms with E-state index in [4.69, 9.17) is 4.74 Å². The summed E-state index contributed by atoms with van der Waals surface area (Å²) in [4.78, 5) is 0. The number of benzene rings is 1. The molecule has 0 unspecified atom stereocenters. The van der Waals surface area contributed by atoms with Gasteiger partial charge in [-0.3, -0.25) is 4.68 Å². The molecule has 1 aromatic heterocycles. The molecule has 0 fully saturated rings. The SMILES string of the molecule is CCCNCc1cccc(F)c1Oc1cnn(CC)c1. The molecule has 0 atom stereocenters. The van der Waals surface area contributed by atoms with E-state index in [2.05, 4.69) is 17.3 Å². The molecule has 4 nitrogen and oxygen atoms in total. The number of rotatable bonds is 7. The largest absolute Gasteiger partial charge is 0.451 e. The highest BCUT2D eigenvalue weighted by Crippen LogP contribution is 2.28. The standard InChI is InChI=1S/C15H20FN3O/c1-3-8-17-9-12-6-5-7-14(16)15(12)20-13-10-18-19(4-2)11-13/h5-7,10-11,17H,3-4,8-9H2,1-2H3. The molecule has 0 saturated heterocycles. The normalized spacial score (nSPS) is 10.8. The Bertz CT molecular complexity index is 554. The van der Waals surface area contributed by atoms with Crippen LogP contribution in [0.5, 0.6) is 11.5 Å². The number of aryl methyl sites for hydroxylation is 1. The van der Waals surface area contributed by atoms with Gasteiger partial charge in [0.05, 0.1) is 12.4 Å². The zero-order valence-electron chi connectivity index (χ0n) is 11.9. The maximum atomic E-state index is 14.0. The molecule has 1 aromatic carbocycles. The van der Waals surface area contributed by atoms with Gasteiger partial charge in [-0.15, -0.1) is 0 Å². The van der Waals surface area contributed by atoms with Crippen molar-refractivity contribution in [3.63, 3.8) is 0 Å². The van der Waals surface area contributed by atoms with Crippen LogP contribution in [0.25, 0.3) is 0 Å². The molecule has 0 amide bonds. The Balaban J connectivity index is 2.16. The van der Waals surface area contributed by atoms with E-state index >= 15 is 0 Å². The lowest BCUT2D eigenvalue weighted by atomic mass is 10.2. The predicted octanol–water partition coefficient (Wildman–Crippen LogP) is 3.33. The topological polar surface area (TPSA) is 39.1 Å². The molecule has 108 valence electrons. The summed E-state index contributed by atoms with van der Waals surface area (Å²) in [6.45, 7) is 6.31. The zero-order chi connectivity index (χ0) is 14.4. The van der Waals surface area contributed by atoms with Crippen LogP contribution in [0.15, 0.2) is 30.6 Å². The van der Waals surface area contributed by atoms with Gasteiger partial charge in [-0.25, -0.2) is 4.39 Å². The van der Waals surface area contributed by atoms with Crippen LogP contribution in [-0.2, 0) is 13.1 Å². The lowest BCUT2D eigenvalue weighted by Gasteiger charge is -2.11. The van der Waals surface area contributed by atoms with Crippen LogP contribution in [-0.4, -0.2) is 16.3 Å². The fraction of sp³-hybridized carbons (Fsp3) is 0.400. The van der Waals surface area contributed by atoms with Crippen LogP contribution in [0.1, 0.15) is 25.8 Å². The second-order valence-electron chi connectivity index (χ2n) is 4.54. The van der Waals surface area contributed by atoms with E-state index in [-0.39, 0.29) is 11.6 Å². The molecule has 0 aliphatic rings. The van der Waals surface area contributed by atoms with E-state index in [1.807, 2.05) is 13.0 Å². The number of aromatic nitrogens is 2. The van der Waals surface area contributed by atoms with E-state index in [1.54, 1.807) is 23.1 Å². The number of halogens is 1. The molecule has 0 bridgehead atoms. The molecule has 20 heavy (non-hydrogen) atoms. The number of ether oxygens (including phenoxy) is 1. The van der Waals surface area contributed by atoms with Gasteiger partial charge in [0.15, 0.2) is 17.3 Å². The third-order valence-electron chi connectivity index (χ3n) is 2.94. The fourth-order valence-corrected chi connectivity index (χ4v) is 1.89. The first kappa shape index (κ1) is 14.5. The van der Waals surface area contributed by atoms with Crippen molar-refractivity contribution in [1.29, 1.82) is 0 Å². The van der Waals surface area contributed by atoms with Crippen molar-refractivity contribution < 1.29 is 9.13 Å². The summed E-state index contributed by atoms with van der Waals surface area (Å²) in [7, 11) is 0. The number of para-hydroxylation sites is 1. The monoisotopic (exact) mass is 277 g/mol. The van der Waals surface area contributed by atoms with Gasteiger partial charge < -0.3 is 10.1 Å². The minimum atomic E-state index is -0.356. The lowest BCUT2D eigenvalue weighted by molar-refractivity contribution is 0.433. The van der Waals surface area contributed by atoms with Crippen molar-refractivity contribution in [2.45, 2.75) is 33.4 Å². The highest BCUT2D eigenvalue weighted by molar-refractivity contribution is 5.38. The predicted molar refractivity (Wildman–Crippen MR) is 76.4 cm³/mol. The zero-order valence-corrected chi connectivity index (χ0v) is 11.9. The third-order valence-corrected chi connectivity index (χ3v) is 2.94. The van der Waals surface area contributed by atoms with Crippen LogP contribution < -0.4 is 10.1 Å². The van der Waals surface area contributed by atoms with Crippen molar-refractivity contribution in [2.24, 2.45) is 0 Å². The molecule has 0 aliphatic heterocycles. The Morgan fingerprint density at radius 2 is 2.20 bits per heavy atom. The first-order valence-corrected chi connectivity index (χ1v) is 6.93. The van der Waals surface area contributed by atoms with Crippen LogP contribution >= 0.6 is 0 Å². The minimum absolute atomic E-state index is 0.270. The highest BCUT2D eigenvalue weighted by atomic mass is 19.1. The van der Waals surface area contributed by atoms with E-state index in [9.17, 15) is 4.39 Å². The van der Waals surface area contributed by atoms with Crippen LogP contribution in [0, 0.1) is 5.82 Å². The maximum absolute atomic E-state index is 14.0. The van der Waals surface area contributed by atoms with E-state index in [0.29, 0.717) is 12.3 Å². The summed E-state index contributed by atoms with van der Waals surface area (Å²) in [5.74, 6) is 0.463. The second-order valence-corrected chi connectivity index (χ2v) is 4.54. The molecule has 0 saturated carbocycles. The molecular formula is C15H20FN3O. The van der Waals surface area contributed by atoms with Gasteiger partial charge in [-0.2, -0.15) is 5.10 Å². The average Bonchev–Trinajstić information content (AvgIpc) is 2.90. The number of nitrogens with one attached hydrogen (secondary N) is 1. The summed E-state index contributed by atoms with van der Waals surface area (Å²) in [6, 6.07) is 4.97. The van der Waals surface area contributed by atoms with Crippen LogP contribution in [0.2, 0.25) is 0 Å². The summed E-state index contributed by atoms with van der Waals surface area (Å²) < 4.78 is 21.4. The van der Waals surface area contributed by atoms with Gasteiger partial charge in [0.2, 0.25) is 0 Å². The molecule has 0 radical (unpaired) electrons. The molecule has 2 aromatic rings. The number of hydrogen-bond acceptors (Lipinski definition) is 3. The Morgan fingerprint density at radius 1 is 1.35 bits per heavy atom. The summed E-state index contributed by atoms with van der Waals surface area (Å²) in [6.07, 6.45) is 4.39. The Morgan fingerprint density at radius 3 is 2.90 bits per heavy atom. The van der Waals surface area contributed by atoms with E-state index in [1.165, 1.54) is 6.07 Å². The van der Waals surface area contributed by atoms with Gasteiger partial charge in [0.25, 0.3) is 0 Å². The minimum Gasteiger partial charge on any atom is -0.451 e. The molecule has 5 heteroatoms. The van der Waals surface area contributed by atoms with Gasteiger partial charge in [0, 0.05) is 18.7 Å². The lowest BCUT2D eigenvalue weighted by Crippen LogP contribution is -2.14. The Hall–Kier alpha value is -1.88. The van der Waals surface area contributed by atoms with E-state index in [0.717, 1.165) is 25.1 Å². The van der Waals surface area contributed by atoms with Crippen LogP contribution in [0.3, 0.4) is 0 Å². The van der Waals surface area contributed by atoms with Gasteiger partial charge in [0.1, 0.15) is 0 Å². The van der Waals surface area contributed by atoms with Crippen molar-refractivity contribution >= 4 is 0 Å². The average molecular weight is 277 g/mol. The van der Waals surface area contributed by atoms with Crippen molar-refractivity contribution in [1.82, 2.24) is 15.1 Å². The summed E-state index contributed by atoms with van der Waals surface area (Å²) >= 11 is 0. The second kappa shape index (κ2) is 7.05. The molecule has 0 aliphatic carbocycles. The summed E-state index contributed by atoms with van der Waals surface area (Å²) in [5.41, 5.74) is 0.808. The van der Waals surface area contributed by atoms with Gasteiger partial charge in [-0.1, -0.05) is 19.1 Å². The molecule has 1 heterocycles. The molecular weight excluding hydrogens is 257 g/mol. The van der Waals surface area contributed by atoms with Crippen LogP contribution in [0.4, 0.5) is 4.39 Å². The Labute approximate surface area is 118 Å². The summed E-state index contributed by atoms with van der Waals surface area (Å²) in [5, 5.41) is 7.37. The van der Waals surface area contributed by atoms with Gasteiger partial charge in [-0.05, 0) is 26.0 Å². The van der Waals surface area contributed by atoms with Crippen molar-refractivity contribution in [2.75, 3.05) is 6.54 Å². The Kier molecular flexibility index (Phi) is 5.12. The maximum Gasteiger partial charge on any atom is 0.167 e. The first-order chi connectivity index (χ1) is 9.74. The third kappa shape index (κ3) is 3.57. The number of hydrogen-bond donors (Lipinski definition) is 1. The van der Waals surface area contributed by atoms with Crippen molar-refractivity contribution in [3.05, 3.63) is 42.0 Å². The quantitative estimate of drug-likeness (QED) is 0.789. The molecule has 2 rings (SSSR count). The van der Waals surface area contributed by atoms with Gasteiger partial charge >= 0.3 is 0 Å². The molecule has 0 spiro atoms. The fourth-order valence-electron chi connectivity index (χ4n) is 1.89.